The Labute approximate surface area is 251 Å². The van der Waals surface area contributed by atoms with Crippen LogP contribution in [0.1, 0.15) is 0 Å². The molecule has 43 heavy (non-hydrogen) atoms. The molecule has 8 aromatic rings. The zero-order chi connectivity index (χ0) is 28.6. The monoisotopic (exact) mass is 547 g/mol. The number of nitrogens with zero attached hydrogens (tertiary/aromatic N) is 1. The summed E-state index contributed by atoms with van der Waals surface area (Å²) in [7, 11) is 0. The summed E-state index contributed by atoms with van der Waals surface area (Å²) in [4.78, 5) is 2.40. The minimum atomic E-state index is 1.12. The van der Waals surface area contributed by atoms with Crippen molar-refractivity contribution in [1.82, 2.24) is 0 Å². The van der Waals surface area contributed by atoms with Crippen LogP contribution in [0.5, 0.6) is 0 Å². The van der Waals surface area contributed by atoms with Gasteiger partial charge in [-0.2, -0.15) is 0 Å². The fraction of sp³-hybridized carbons (Fsp3) is 0. The van der Waals surface area contributed by atoms with Crippen molar-refractivity contribution in [2.24, 2.45) is 0 Å². The molecule has 0 atom stereocenters. The van der Waals surface area contributed by atoms with Gasteiger partial charge in [0.1, 0.15) is 0 Å². The van der Waals surface area contributed by atoms with E-state index >= 15 is 0 Å². The Morgan fingerprint density at radius 1 is 0.302 bits per heavy atom. The molecule has 0 aliphatic rings. The molecule has 0 radical (unpaired) electrons. The summed E-state index contributed by atoms with van der Waals surface area (Å²) >= 11 is 0. The second-order valence-corrected chi connectivity index (χ2v) is 11.0. The van der Waals surface area contributed by atoms with Gasteiger partial charge in [0.25, 0.3) is 0 Å². The minimum Gasteiger partial charge on any atom is -0.310 e. The number of benzene rings is 8. The van der Waals surface area contributed by atoms with Gasteiger partial charge in [-0.15, -0.1) is 0 Å². The maximum atomic E-state index is 2.40. The van der Waals surface area contributed by atoms with Gasteiger partial charge in [-0.05, 0) is 79.5 Å². The van der Waals surface area contributed by atoms with Crippen molar-refractivity contribution >= 4 is 49.4 Å². The van der Waals surface area contributed by atoms with E-state index < -0.39 is 0 Å². The van der Waals surface area contributed by atoms with Crippen LogP contribution in [0.4, 0.5) is 17.1 Å². The summed E-state index contributed by atoms with van der Waals surface area (Å²) in [6, 6.07) is 63.4. The predicted molar refractivity (Wildman–Crippen MR) is 185 cm³/mol. The first-order valence-corrected chi connectivity index (χ1v) is 14.8. The molecular formula is C42H29N. The van der Waals surface area contributed by atoms with E-state index in [1.807, 2.05) is 0 Å². The Morgan fingerprint density at radius 3 is 1.53 bits per heavy atom. The molecule has 0 fully saturated rings. The molecule has 0 saturated heterocycles. The van der Waals surface area contributed by atoms with E-state index in [0.29, 0.717) is 0 Å². The van der Waals surface area contributed by atoms with E-state index in [4.69, 9.17) is 0 Å². The summed E-state index contributed by atoms with van der Waals surface area (Å²) in [6.45, 7) is 0. The van der Waals surface area contributed by atoms with Gasteiger partial charge in [0.05, 0.1) is 5.69 Å². The van der Waals surface area contributed by atoms with Crippen LogP contribution >= 0.6 is 0 Å². The van der Waals surface area contributed by atoms with E-state index in [9.17, 15) is 0 Å². The molecule has 1 heteroatoms. The number of rotatable bonds is 5. The van der Waals surface area contributed by atoms with Gasteiger partial charge in [0.2, 0.25) is 0 Å². The van der Waals surface area contributed by atoms with Crippen LogP contribution < -0.4 is 4.90 Å². The van der Waals surface area contributed by atoms with E-state index in [1.165, 1.54) is 60.3 Å². The normalized spacial score (nSPS) is 11.3. The highest BCUT2D eigenvalue weighted by atomic mass is 15.1. The number of fused-ring (bicyclic) bond motifs is 5. The van der Waals surface area contributed by atoms with Gasteiger partial charge < -0.3 is 4.90 Å². The Hall–Kier alpha value is -5.66. The van der Waals surface area contributed by atoms with Crippen molar-refractivity contribution in [3.8, 4) is 22.3 Å². The fourth-order valence-electron chi connectivity index (χ4n) is 6.43. The SMILES string of the molecule is c1ccc(-c2ccccc2-c2ccc(N(c3ccccc3)c3cc4c5ccccc5ccc4c4ccccc34)cc2)cc1. The molecule has 8 rings (SSSR count). The van der Waals surface area contributed by atoms with E-state index in [1.54, 1.807) is 0 Å². The van der Waals surface area contributed by atoms with Gasteiger partial charge in [-0.25, -0.2) is 0 Å². The molecule has 0 aliphatic heterocycles. The van der Waals surface area contributed by atoms with Crippen LogP contribution in [0.25, 0.3) is 54.6 Å². The highest BCUT2D eigenvalue weighted by molar-refractivity contribution is 6.21. The second-order valence-electron chi connectivity index (χ2n) is 11.0. The topological polar surface area (TPSA) is 3.24 Å². The molecule has 0 heterocycles. The maximum Gasteiger partial charge on any atom is 0.0546 e. The summed E-state index contributed by atoms with van der Waals surface area (Å²) in [5.74, 6) is 0. The standard InChI is InChI=1S/C42H29N/c1-3-13-30(14-4-1)35-18-9-10-19-36(35)32-23-26-34(27-24-32)43(33-16-5-2-6-17-33)42-29-41-37-20-8-7-15-31(37)25-28-39(41)38-21-11-12-22-40(38)42/h1-29H. The number of hydrogen-bond acceptors (Lipinski definition) is 1. The second kappa shape index (κ2) is 10.6. The molecular weight excluding hydrogens is 518 g/mol. The first kappa shape index (κ1) is 25.1. The van der Waals surface area contributed by atoms with Gasteiger partial charge in [-0.3, -0.25) is 0 Å². The molecule has 202 valence electrons. The van der Waals surface area contributed by atoms with Crippen LogP contribution in [0, 0.1) is 0 Å². The van der Waals surface area contributed by atoms with Crippen molar-refractivity contribution < 1.29 is 0 Å². The van der Waals surface area contributed by atoms with Gasteiger partial charge in [-0.1, -0.05) is 146 Å². The fourth-order valence-corrected chi connectivity index (χ4v) is 6.43. The first-order chi connectivity index (χ1) is 21.3. The van der Waals surface area contributed by atoms with Gasteiger partial charge in [0, 0.05) is 16.8 Å². The molecule has 0 aliphatic carbocycles. The van der Waals surface area contributed by atoms with E-state index in [0.717, 1.165) is 11.4 Å². The average Bonchev–Trinajstić information content (AvgIpc) is 3.09. The van der Waals surface area contributed by atoms with Gasteiger partial charge in [0.15, 0.2) is 0 Å². The predicted octanol–water partition coefficient (Wildman–Crippen LogP) is 11.9. The van der Waals surface area contributed by atoms with Gasteiger partial charge >= 0.3 is 0 Å². The molecule has 1 nitrogen and oxygen atoms in total. The Bertz CT molecular complexity index is 2220. The van der Waals surface area contributed by atoms with Crippen LogP contribution in [0.2, 0.25) is 0 Å². The Kier molecular flexibility index (Phi) is 6.20. The van der Waals surface area contributed by atoms with Crippen LogP contribution in [-0.4, -0.2) is 0 Å². The van der Waals surface area contributed by atoms with Crippen molar-refractivity contribution in [3.05, 3.63) is 176 Å². The van der Waals surface area contributed by atoms with E-state index in [-0.39, 0.29) is 0 Å². The van der Waals surface area contributed by atoms with Crippen molar-refractivity contribution in [3.63, 3.8) is 0 Å². The van der Waals surface area contributed by atoms with Crippen LogP contribution in [0.15, 0.2) is 176 Å². The summed E-state index contributed by atoms with van der Waals surface area (Å²) in [5.41, 5.74) is 8.32. The lowest BCUT2D eigenvalue weighted by atomic mass is 9.94. The number of hydrogen-bond donors (Lipinski definition) is 0. The quantitative estimate of drug-likeness (QED) is 0.194. The lowest BCUT2D eigenvalue weighted by Gasteiger charge is -2.28. The highest BCUT2D eigenvalue weighted by Crippen LogP contribution is 2.44. The molecule has 0 aromatic heterocycles. The maximum absolute atomic E-state index is 2.40. The molecule has 0 saturated carbocycles. The molecule has 0 spiro atoms. The number of anilines is 3. The summed E-state index contributed by atoms with van der Waals surface area (Å²) in [5, 5.41) is 7.56. The first-order valence-electron chi connectivity index (χ1n) is 14.8. The minimum absolute atomic E-state index is 1.12. The molecule has 0 unspecified atom stereocenters. The lowest BCUT2D eigenvalue weighted by molar-refractivity contribution is 1.30. The Balaban J connectivity index is 1.34. The zero-order valence-corrected chi connectivity index (χ0v) is 23.7. The zero-order valence-electron chi connectivity index (χ0n) is 23.7. The summed E-state index contributed by atoms with van der Waals surface area (Å²) in [6.07, 6.45) is 0. The van der Waals surface area contributed by atoms with Crippen molar-refractivity contribution in [1.29, 1.82) is 0 Å². The third-order valence-electron chi connectivity index (χ3n) is 8.45. The highest BCUT2D eigenvalue weighted by Gasteiger charge is 2.18. The smallest absolute Gasteiger partial charge is 0.0546 e. The third kappa shape index (κ3) is 4.43. The van der Waals surface area contributed by atoms with Crippen LogP contribution in [-0.2, 0) is 0 Å². The van der Waals surface area contributed by atoms with Crippen LogP contribution in [0.3, 0.4) is 0 Å². The Morgan fingerprint density at radius 2 is 0.814 bits per heavy atom. The van der Waals surface area contributed by atoms with Crippen molar-refractivity contribution in [2.75, 3.05) is 4.90 Å². The molecule has 0 N–H and O–H groups in total. The largest absolute Gasteiger partial charge is 0.310 e. The van der Waals surface area contributed by atoms with Crippen molar-refractivity contribution in [2.45, 2.75) is 0 Å². The molecule has 0 bridgehead atoms. The van der Waals surface area contributed by atoms with E-state index in [2.05, 4.69) is 181 Å². The molecule has 8 aromatic carbocycles. The average molecular weight is 548 g/mol. The lowest BCUT2D eigenvalue weighted by Crippen LogP contribution is -2.10. The molecule has 0 amide bonds. The summed E-state index contributed by atoms with van der Waals surface area (Å²) < 4.78 is 0. The number of para-hydroxylation sites is 1. The third-order valence-corrected chi connectivity index (χ3v) is 8.45.